The Kier molecular flexibility index (Phi) is 1.92. The van der Waals surface area contributed by atoms with Crippen LogP contribution in [0.4, 0.5) is 0 Å². The van der Waals surface area contributed by atoms with E-state index in [1.807, 2.05) is 6.92 Å². The molecule has 1 saturated heterocycles. The molecule has 0 amide bonds. The van der Waals surface area contributed by atoms with Gasteiger partial charge in [0.25, 0.3) is 0 Å². The topological polar surface area (TPSA) is 38.8 Å². The van der Waals surface area contributed by atoms with Crippen LogP contribution in [-0.2, 0) is 14.0 Å². The zero-order valence-corrected chi connectivity index (χ0v) is 12.4. The van der Waals surface area contributed by atoms with Gasteiger partial charge in [0.05, 0.1) is 0 Å². The minimum absolute atomic E-state index is 0.0374. The van der Waals surface area contributed by atoms with Gasteiger partial charge in [-0.2, -0.15) is 0 Å². The van der Waals surface area contributed by atoms with E-state index in [2.05, 4.69) is 27.7 Å². The molecule has 3 nitrogen and oxygen atoms in total. The SMILES string of the molecule is CC(C)(C)C1(C)CC(=O)C2(O[SiH3])OC21C. The number of carbonyl (C=O) groups excluding carboxylic acids is 1. The van der Waals surface area contributed by atoms with Gasteiger partial charge in [-0.3, -0.25) is 4.79 Å². The van der Waals surface area contributed by atoms with Gasteiger partial charge in [0.1, 0.15) is 5.60 Å². The van der Waals surface area contributed by atoms with Crippen LogP contribution in [0.2, 0.25) is 0 Å². The average molecular weight is 228 g/mol. The molecule has 4 heteroatoms. The van der Waals surface area contributed by atoms with Crippen LogP contribution in [-0.4, -0.2) is 27.7 Å². The van der Waals surface area contributed by atoms with E-state index in [0.717, 1.165) is 0 Å². The summed E-state index contributed by atoms with van der Waals surface area (Å²) in [5.74, 6) is -0.765. The van der Waals surface area contributed by atoms with Crippen molar-refractivity contribution in [2.45, 2.75) is 52.4 Å². The molecule has 1 aliphatic carbocycles. The Morgan fingerprint density at radius 2 is 1.93 bits per heavy atom. The number of ether oxygens (including phenoxy) is 1. The van der Waals surface area contributed by atoms with Gasteiger partial charge < -0.3 is 9.16 Å². The van der Waals surface area contributed by atoms with Crippen molar-refractivity contribution in [2.75, 3.05) is 0 Å². The van der Waals surface area contributed by atoms with Gasteiger partial charge in [0.2, 0.25) is 5.79 Å². The Bertz CT molecular complexity index is 335. The smallest absolute Gasteiger partial charge is 0.250 e. The maximum atomic E-state index is 12.0. The first kappa shape index (κ1) is 11.3. The molecule has 0 spiro atoms. The quantitative estimate of drug-likeness (QED) is 0.492. The first-order valence-corrected chi connectivity index (χ1v) is 6.25. The summed E-state index contributed by atoms with van der Waals surface area (Å²) in [6.07, 6.45) is 0.565. The zero-order chi connectivity index (χ0) is 11.7. The third-order valence-electron chi connectivity index (χ3n) is 4.81. The van der Waals surface area contributed by atoms with E-state index in [0.29, 0.717) is 16.9 Å². The molecule has 0 aromatic heterocycles. The van der Waals surface area contributed by atoms with E-state index in [9.17, 15) is 4.79 Å². The van der Waals surface area contributed by atoms with E-state index < -0.39 is 11.4 Å². The Labute approximate surface area is 94.1 Å². The molecule has 0 aromatic rings. The van der Waals surface area contributed by atoms with Crippen molar-refractivity contribution < 1.29 is 14.0 Å². The highest BCUT2D eigenvalue weighted by Crippen LogP contribution is 2.71. The van der Waals surface area contributed by atoms with E-state index in [1.54, 1.807) is 0 Å². The Morgan fingerprint density at radius 3 is 2.13 bits per heavy atom. The van der Waals surface area contributed by atoms with E-state index in [4.69, 9.17) is 9.16 Å². The van der Waals surface area contributed by atoms with Crippen molar-refractivity contribution in [1.82, 2.24) is 0 Å². The molecule has 15 heavy (non-hydrogen) atoms. The fourth-order valence-electron chi connectivity index (χ4n) is 3.00. The summed E-state index contributed by atoms with van der Waals surface area (Å²) in [4.78, 5) is 12.0. The van der Waals surface area contributed by atoms with Gasteiger partial charge in [-0.25, -0.2) is 0 Å². The summed E-state index contributed by atoms with van der Waals surface area (Å²) in [5.41, 5.74) is -0.520. The third-order valence-corrected chi connectivity index (χ3v) is 5.39. The van der Waals surface area contributed by atoms with Gasteiger partial charge in [0, 0.05) is 11.8 Å². The van der Waals surface area contributed by atoms with Crippen LogP contribution in [0.25, 0.3) is 0 Å². The normalized spacial score (nSPS) is 49.5. The van der Waals surface area contributed by atoms with Crippen LogP contribution in [0, 0.1) is 10.8 Å². The molecule has 0 bridgehead atoms. The molecule has 2 aliphatic rings. The minimum Gasteiger partial charge on any atom is -0.394 e. The van der Waals surface area contributed by atoms with Gasteiger partial charge in [-0.15, -0.1) is 0 Å². The highest BCUT2D eigenvalue weighted by Gasteiger charge is 2.85. The Hall–Kier alpha value is -0.193. The van der Waals surface area contributed by atoms with Crippen molar-refractivity contribution in [1.29, 1.82) is 0 Å². The summed E-state index contributed by atoms with van der Waals surface area (Å²) in [7, 11) is 0.539. The summed E-state index contributed by atoms with van der Waals surface area (Å²) >= 11 is 0. The molecule has 1 saturated carbocycles. The lowest BCUT2D eigenvalue weighted by atomic mass is 9.62. The lowest BCUT2D eigenvalue weighted by Gasteiger charge is -2.42. The molecule has 2 fully saturated rings. The average Bonchev–Trinajstić information content (AvgIpc) is 2.67. The second-order valence-electron chi connectivity index (χ2n) is 6.14. The lowest BCUT2D eigenvalue weighted by Crippen LogP contribution is -2.43. The van der Waals surface area contributed by atoms with Crippen molar-refractivity contribution >= 4 is 16.3 Å². The van der Waals surface area contributed by atoms with Crippen molar-refractivity contribution in [3.05, 3.63) is 0 Å². The molecule has 3 atom stereocenters. The van der Waals surface area contributed by atoms with Crippen molar-refractivity contribution in [2.24, 2.45) is 10.8 Å². The van der Waals surface area contributed by atoms with Crippen LogP contribution in [0.1, 0.15) is 41.0 Å². The van der Waals surface area contributed by atoms with Crippen LogP contribution >= 0.6 is 0 Å². The van der Waals surface area contributed by atoms with Crippen LogP contribution in [0.15, 0.2) is 0 Å². The number of fused-ring (bicyclic) bond motifs is 1. The molecule has 86 valence electrons. The van der Waals surface area contributed by atoms with Crippen LogP contribution in [0.5, 0.6) is 0 Å². The molecule has 1 heterocycles. The summed E-state index contributed by atoms with van der Waals surface area (Å²) in [5, 5.41) is 0. The van der Waals surface area contributed by atoms with Crippen LogP contribution in [0.3, 0.4) is 0 Å². The first-order chi connectivity index (χ1) is 6.65. The molecule has 1 aliphatic heterocycles. The van der Waals surface area contributed by atoms with Crippen molar-refractivity contribution in [3.8, 4) is 0 Å². The zero-order valence-electron chi connectivity index (χ0n) is 10.4. The first-order valence-electron chi connectivity index (χ1n) is 5.43. The Balaban J connectivity index is 2.47. The van der Waals surface area contributed by atoms with Gasteiger partial charge in [0.15, 0.2) is 16.3 Å². The molecular formula is C11H20O3Si. The van der Waals surface area contributed by atoms with Gasteiger partial charge in [-0.1, -0.05) is 27.7 Å². The maximum Gasteiger partial charge on any atom is 0.250 e. The number of carbonyl (C=O) groups is 1. The van der Waals surface area contributed by atoms with Crippen molar-refractivity contribution in [3.63, 3.8) is 0 Å². The third kappa shape index (κ3) is 0.959. The molecule has 0 aromatic carbocycles. The minimum atomic E-state index is -0.888. The molecule has 3 unspecified atom stereocenters. The number of epoxide rings is 1. The van der Waals surface area contributed by atoms with E-state index in [1.165, 1.54) is 0 Å². The summed E-state index contributed by atoms with van der Waals surface area (Å²) in [6, 6.07) is 0. The summed E-state index contributed by atoms with van der Waals surface area (Å²) in [6.45, 7) is 10.6. The fourth-order valence-corrected chi connectivity index (χ4v) is 3.70. The molecular weight excluding hydrogens is 208 g/mol. The van der Waals surface area contributed by atoms with Gasteiger partial charge in [-0.05, 0) is 12.3 Å². The maximum absolute atomic E-state index is 12.0. The molecule has 0 N–H and O–H groups in total. The number of ketones is 1. The summed E-state index contributed by atoms with van der Waals surface area (Å²) < 4.78 is 11.1. The number of hydrogen-bond acceptors (Lipinski definition) is 3. The predicted molar refractivity (Wildman–Crippen MR) is 60.4 cm³/mol. The van der Waals surface area contributed by atoms with Gasteiger partial charge >= 0.3 is 0 Å². The number of rotatable bonds is 1. The van der Waals surface area contributed by atoms with Crippen LogP contribution < -0.4 is 0 Å². The second kappa shape index (κ2) is 2.55. The molecule has 2 rings (SSSR count). The standard InChI is InChI=1S/C11H20O3Si/c1-8(2,3)9(4)6-7(12)11(14-15)10(9,5)13-11/h6H2,1-5,15H3. The largest absolute Gasteiger partial charge is 0.394 e. The van der Waals surface area contributed by atoms with E-state index >= 15 is 0 Å². The number of Topliss-reactive ketones (excluding diaryl/α,β-unsaturated/α-hetero) is 1. The second-order valence-corrected chi connectivity index (χ2v) is 6.55. The highest BCUT2D eigenvalue weighted by atomic mass is 28.2. The Morgan fingerprint density at radius 1 is 1.40 bits per heavy atom. The highest BCUT2D eigenvalue weighted by molar-refractivity contribution is 6.04. The lowest BCUT2D eigenvalue weighted by molar-refractivity contribution is -0.136. The fraction of sp³-hybridized carbons (Fsp3) is 0.909. The predicted octanol–water partition coefficient (Wildman–Crippen LogP) is 0.794. The molecule has 0 radical (unpaired) electrons. The number of hydrogen-bond donors (Lipinski definition) is 0. The van der Waals surface area contributed by atoms with E-state index in [-0.39, 0.29) is 16.6 Å². The monoisotopic (exact) mass is 228 g/mol.